The Balaban J connectivity index is 0.00000288. The predicted octanol–water partition coefficient (Wildman–Crippen LogP) is 3.07. The zero-order chi connectivity index (χ0) is 16.8. The quantitative estimate of drug-likeness (QED) is 0.420. The number of benzene rings is 1. The van der Waals surface area contributed by atoms with E-state index >= 15 is 0 Å². The van der Waals surface area contributed by atoms with Crippen molar-refractivity contribution in [2.45, 2.75) is 18.9 Å². The van der Waals surface area contributed by atoms with Crippen molar-refractivity contribution in [1.82, 2.24) is 10.2 Å². The number of halogens is 2. The Morgan fingerprint density at radius 3 is 2.60 bits per heavy atom. The van der Waals surface area contributed by atoms with Gasteiger partial charge in [0.05, 0.1) is 12.0 Å². The van der Waals surface area contributed by atoms with E-state index in [1.807, 2.05) is 6.08 Å². The molecule has 0 unspecified atom stereocenters. The van der Waals surface area contributed by atoms with Crippen molar-refractivity contribution in [3.63, 3.8) is 0 Å². The summed E-state index contributed by atoms with van der Waals surface area (Å²) in [6, 6.07) is 3.18. The number of phenolic OH excluding ortho intramolecular Hbond substituents is 1. The summed E-state index contributed by atoms with van der Waals surface area (Å²) in [7, 11) is 1.39. The molecule has 0 spiro atoms. The number of nitrogens with zero attached hydrogens (tertiary/aromatic N) is 2. The van der Waals surface area contributed by atoms with Gasteiger partial charge in [-0.05, 0) is 24.5 Å². The highest BCUT2D eigenvalue weighted by Gasteiger charge is 2.27. The van der Waals surface area contributed by atoms with Gasteiger partial charge in [-0.25, -0.2) is 0 Å². The number of phenols is 1. The zero-order valence-corrected chi connectivity index (χ0v) is 15.8. The third kappa shape index (κ3) is 5.74. The Morgan fingerprint density at radius 1 is 1.44 bits per heavy atom. The highest BCUT2D eigenvalue weighted by atomic mass is 35.5. The van der Waals surface area contributed by atoms with Crippen LogP contribution in [0, 0.1) is 10.1 Å². The third-order valence-corrected chi connectivity index (χ3v) is 4.12. The van der Waals surface area contributed by atoms with Crippen LogP contribution in [0.5, 0.6) is 11.5 Å². The second-order valence-electron chi connectivity index (χ2n) is 5.52. The topological polar surface area (TPSA) is 87.9 Å². The molecule has 2 rings (SSSR count). The normalized spacial score (nSPS) is 15.4. The van der Waals surface area contributed by atoms with Crippen LogP contribution in [0.25, 0.3) is 0 Å². The lowest BCUT2D eigenvalue weighted by atomic mass is 9.98. The van der Waals surface area contributed by atoms with Crippen molar-refractivity contribution in [1.29, 1.82) is 0 Å². The lowest BCUT2D eigenvalue weighted by Crippen LogP contribution is -2.45. The van der Waals surface area contributed by atoms with E-state index in [0.717, 1.165) is 44.6 Å². The molecule has 7 nitrogen and oxygen atoms in total. The highest BCUT2D eigenvalue weighted by molar-refractivity contribution is 5.85. The third-order valence-electron chi connectivity index (χ3n) is 4.12. The molecule has 9 heteroatoms. The SMILES string of the molecule is C=CCC[C@@H](c1cc(OC)c(O)c([N+](=O)[O-])c1)N1CCNCC1.Cl.Cl. The summed E-state index contributed by atoms with van der Waals surface area (Å²) in [6.07, 6.45) is 3.47. The van der Waals surface area contributed by atoms with Crippen LogP contribution in [0.1, 0.15) is 24.4 Å². The molecular weight excluding hydrogens is 369 g/mol. The van der Waals surface area contributed by atoms with Crippen molar-refractivity contribution in [3.8, 4) is 11.5 Å². The Hall–Kier alpha value is -1.54. The van der Waals surface area contributed by atoms with E-state index in [1.54, 1.807) is 6.07 Å². The second kappa shape index (κ2) is 11.1. The summed E-state index contributed by atoms with van der Waals surface area (Å²) in [4.78, 5) is 12.9. The summed E-state index contributed by atoms with van der Waals surface area (Å²) in [5.74, 6) is -0.294. The number of hydrogen-bond donors (Lipinski definition) is 2. The van der Waals surface area contributed by atoms with Gasteiger partial charge in [-0.15, -0.1) is 31.4 Å². The molecule has 1 aliphatic heterocycles. The van der Waals surface area contributed by atoms with Crippen LogP contribution in [0.2, 0.25) is 0 Å². The fourth-order valence-corrected chi connectivity index (χ4v) is 2.93. The number of aromatic hydroxyl groups is 1. The predicted molar refractivity (Wildman–Crippen MR) is 102 cm³/mol. The molecule has 1 aromatic rings. The molecule has 0 amide bonds. The lowest BCUT2D eigenvalue weighted by Gasteiger charge is -2.35. The lowest BCUT2D eigenvalue weighted by molar-refractivity contribution is -0.386. The number of ether oxygens (including phenoxy) is 1. The number of nitro benzene ring substituents is 1. The number of allylic oxidation sites excluding steroid dienone is 1. The first kappa shape index (κ1) is 23.5. The number of nitrogens with one attached hydrogen (secondary N) is 1. The van der Waals surface area contributed by atoms with Crippen molar-refractivity contribution in [2.24, 2.45) is 0 Å². The minimum Gasteiger partial charge on any atom is -0.500 e. The van der Waals surface area contributed by atoms with Crippen molar-refractivity contribution in [2.75, 3.05) is 33.3 Å². The van der Waals surface area contributed by atoms with Crippen LogP contribution in [0.4, 0.5) is 5.69 Å². The summed E-state index contributed by atoms with van der Waals surface area (Å²) in [5.41, 5.74) is 0.466. The maximum atomic E-state index is 11.2. The van der Waals surface area contributed by atoms with E-state index in [-0.39, 0.29) is 42.3 Å². The minimum atomic E-state index is -0.580. The molecule has 1 atom stereocenters. The standard InChI is InChI=1S/C16H23N3O4.2ClH/c1-3-4-5-13(18-8-6-17-7-9-18)12-10-14(19(21)22)16(20)15(11-12)23-2;;/h3,10-11,13,17,20H,1,4-9H2,2H3;2*1H/t13-;;/m0../s1. The van der Waals surface area contributed by atoms with Gasteiger partial charge in [-0.3, -0.25) is 15.0 Å². The molecule has 1 saturated heterocycles. The molecule has 0 aromatic heterocycles. The van der Waals surface area contributed by atoms with Gasteiger partial charge in [0.15, 0.2) is 5.75 Å². The molecule has 0 aliphatic carbocycles. The van der Waals surface area contributed by atoms with Crippen molar-refractivity contribution >= 4 is 30.5 Å². The number of piperazine rings is 1. The van der Waals surface area contributed by atoms with E-state index in [0.29, 0.717) is 0 Å². The largest absolute Gasteiger partial charge is 0.500 e. The molecule has 25 heavy (non-hydrogen) atoms. The first-order chi connectivity index (χ1) is 11.1. The summed E-state index contributed by atoms with van der Waals surface area (Å²) in [6.45, 7) is 7.29. The minimum absolute atomic E-state index is 0. The van der Waals surface area contributed by atoms with Gasteiger partial charge in [-0.1, -0.05) is 6.08 Å². The van der Waals surface area contributed by atoms with Crippen LogP contribution in [0.15, 0.2) is 24.8 Å². The molecule has 0 bridgehead atoms. The van der Waals surface area contributed by atoms with Gasteiger partial charge in [0.1, 0.15) is 0 Å². The zero-order valence-electron chi connectivity index (χ0n) is 14.1. The number of nitro groups is 1. The number of rotatable bonds is 7. The van der Waals surface area contributed by atoms with E-state index in [2.05, 4.69) is 16.8 Å². The fraction of sp³-hybridized carbons (Fsp3) is 0.500. The van der Waals surface area contributed by atoms with Crippen LogP contribution in [-0.4, -0.2) is 48.2 Å². The maximum absolute atomic E-state index is 11.2. The van der Waals surface area contributed by atoms with Crippen molar-refractivity contribution in [3.05, 3.63) is 40.5 Å². The second-order valence-corrected chi connectivity index (χ2v) is 5.52. The Labute approximate surface area is 160 Å². The van der Waals surface area contributed by atoms with E-state index in [4.69, 9.17) is 4.74 Å². The molecule has 2 N–H and O–H groups in total. The molecule has 142 valence electrons. The van der Waals surface area contributed by atoms with Gasteiger partial charge in [0.25, 0.3) is 0 Å². The molecule has 1 aromatic carbocycles. The van der Waals surface area contributed by atoms with Gasteiger partial charge in [0.2, 0.25) is 5.75 Å². The molecule has 0 radical (unpaired) electrons. The Morgan fingerprint density at radius 2 is 2.08 bits per heavy atom. The highest BCUT2D eigenvalue weighted by Crippen LogP contribution is 2.40. The van der Waals surface area contributed by atoms with E-state index in [1.165, 1.54) is 13.2 Å². The monoisotopic (exact) mass is 393 g/mol. The van der Waals surface area contributed by atoms with Crippen LogP contribution < -0.4 is 10.1 Å². The van der Waals surface area contributed by atoms with Gasteiger partial charge >= 0.3 is 5.69 Å². The molecule has 0 saturated carbocycles. The summed E-state index contributed by atoms with van der Waals surface area (Å²) >= 11 is 0. The average molecular weight is 394 g/mol. The maximum Gasteiger partial charge on any atom is 0.314 e. The van der Waals surface area contributed by atoms with Gasteiger partial charge < -0.3 is 15.2 Å². The van der Waals surface area contributed by atoms with E-state index in [9.17, 15) is 15.2 Å². The fourth-order valence-electron chi connectivity index (χ4n) is 2.93. The van der Waals surface area contributed by atoms with Gasteiger partial charge in [-0.2, -0.15) is 0 Å². The first-order valence-corrected chi connectivity index (χ1v) is 7.69. The molecular formula is C16H25Cl2N3O4. The number of methoxy groups -OCH3 is 1. The average Bonchev–Trinajstić information content (AvgIpc) is 2.57. The van der Waals surface area contributed by atoms with Crippen LogP contribution in [0.3, 0.4) is 0 Å². The van der Waals surface area contributed by atoms with E-state index < -0.39 is 10.7 Å². The molecule has 1 fully saturated rings. The molecule has 1 aliphatic rings. The Kier molecular flexibility index (Phi) is 10.5. The van der Waals surface area contributed by atoms with Crippen LogP contribution >= 0.6 is 24.8 Å². The van der Waals surface area contributed by atoms with Crippen LogP contribution in [-0.2, 0) is 0 Å². The molecule has 1 heterocycles. The summed E-state index contributed by atoms with van der Waals surface area (Å²) in [5, 5.41) is 24.5. The van der Waals surface area contributed by atoms with Crippen molar-refractivity contribution < 1.29 is 14.8 Å². The number of hydrogen-bond acceptors (Lipinski definition) is 6. The smallest absolute Gasteiger partial charge is 0.314 e. The summed E-state index contributed by atoms with van der Waals surface area (Å²) < 4.78 is 5.11. The first-order valence-electron chi connectivity index (χ1n) is 7.69. The van der Waals surface area contributed by atoms with Gasteiger partial charge in [0, 0.05) is 38.3 Å². The Bertz CT molecular complexity index is 581.